The molecule has 0 fully saturated rings. The van der Waals surface area contributed by atoms with E-state index in [0.717, 1.165) is 0 Å². The van der Waals surface area contributed by atoms with Gasteiger partial charge < -0.3 is 10.1 Å². The van der Waals surface area contributed by atoms with Crippen LogP contribution >= 0.6 is 11.6 Å². The molecular weight excluding hydrogens is 158 g/mol. The third-order valence-corrected chi connectivity index (χ3v) is 0.965. The highest BCUT2D eigenvalue weighted by Gasteiger charge is 1.98. The molecule has 0 aromatic rings. The zero-order chi connectivity index (χ0) is 7.98. The van der Waals surface area contributed by atoms with Crippen LogP contribution < -0.4 is 5.32 Å². The maximum absolute atomic E-state index is 10.3. The zero-order valence-corrected chi connectivity index (χ0v) is 6.27. The number of ether oxygens (including phenoxy) is 1. The van der Waals surface area contributed by atoms with Gasteiger partial charge in [-0.3, -0.25) is 4.79 Å². The first-order valence-corrected chi connectivity index (χ1v) is 3.04. The Balaban J connectivity index is 3.20. The molecule has 0 atom stereocenters. The number of hydrogen-bond donors (Lipinski definition) is 1. The Morgan fingerprint density at radius 1 is 1.60 bits per heavy atom. The Bertz CT molecular complexity index is 137. The molecule has 10 heavy (non-hydrogen) atoms. The van der Waals surface area contributed by atoms with Crippen molar-refractivity contribution in [2.75, 3.05) is 13.7 Å². The van der Waals surface area contributed by atoms with Crippen molar-refractivity contribution in [3.63, 3.8) is 0 Å². The molecule has 0 saturated carbocycles. The average molecular weight is 166 g/mol. The average Bonchev–Trinajstić information content (AvgIpc) is 1.87. The van der Waals surface area contributed by atoms with Gasteiger partial charge in [-0.2, -0.15) is 0 Å². The number of alkyl carbamates (subject to hydrolysis) is 1. The van der Waals surface area contributed by atoms with E-state index in [4.69, 9.17) is 11.6 Å². The van der Waals surface area contributed by atoms with E-state index >= 15 is 0 Å². The van der Waals surface area contributed by atoms with Crippen LogP contribution in [0.15, 0.2) is 0 Å². The third kappa shape index (κ3) is 5.37. The summed E-state index contributed by atoms with van der Waals surface area (Å²) in [4.78, 5) is 20.4. The predicted octanol–water partition coefficient (Wildman–Crippen LogP) is 0.498. The fraction of sp³-hybridized carbons (Fsp3) is 0.600. The lowest BCUT2D eigenvalue weighted by Crippen LogP contribution is -2.24. The van der Waals surface area contributed by atoms with E-state index in [2.05, 4.69) is 10.1 Å². The minimum atomic E-state index is -0.557. The molecule has 0 aliphatic heterocycles. The topological polar surface area (TPSA) is 55.4 Å². The van der Waals surface area contributed by atoms with Gasteiger partial charge in [-0.1, -0.05) is 0 Å². The highest BCUT2D eigenvalue weighted by Crippen LogP contribution is 1.85. The molecule has 0 unspecified atom stereocenters. The smallest absolute Gasteiger partial charge is 0.406 e. The van der Waals surface area contributed by atoms with Gasteiger partial charge in [0.05, 0.1) is 7.11 Å². The van der Waals surface area contributed by atoms with Crippen molar-refractivity contribution in [3.8, 4) is 0 Å². The van der Waals surface area contributed by atoms with Crippen LogP contribution in [0.1, 0.15) is 6.42 Å². The molecule has 1 N–H and O–H groups in total. The van der Waals surface area contributed by atoms with E-state index in [-0.39, 0.29) is 13.0 Å². The van der Waals surface area contributed by atoms with E-state index < -0.39 is 11.3 Å². The quantitative estimate of drug-likeness (QED) is 0.620. The van der Waals surface area contributed by atoms with Gasteiger partial charge in [-0.05, 0) is 11.6 Å². The highest BCUT2D eigenvalue weighted by atomic mass is 35.5. The minimum absolute atomic E-state index is 0.122. The van der Waals surface area contributed by atoms with Crippen molar-refractivity contribution < 1.29 is 14.3 Å². The van der Waals surface area contributed by atoms with E-state index in [1.807, 2.05) is 0 Å². The second-order valence-electron chi connectivity index (χ2n) is 1.52. The molecule has 0 saturated heterocycles. The van der Waals surface area contributed by atoms with Crippen molar-refractivity contribution >= 4 is 22.9 Å². The Morgan fingerprint density at radius 3 is 2.60 bits per heavy atom. The summed E-state index contributed by atoms with van der Waals surface area (Å²) in [7, 11) is 1.25. The fourth-order valence-corrected chi connectivity index (χ4v) is 0.429. The summed E-state index contributed by atoms with van der Waals surface area (Å²) in [6.45, 7) is 0.217. The van der Waals surface area contributed by atoms with E-state index in [0.29, 0.717) is 0 Å². The molecule has 0 aromatic heterocycles. The van der Waals surface area contributed by atoms with Crippen LogP contribution in [-0.2, 0) is 9.53 Å². The third-order valence-electron chi connectivity index (χ3n) is 0.776. The first-order chi connectivity index (χ1) is 4.66. The monoisotopic (exact) mass is 165 g/mol. The lowest BCUT2D eigenvalue weighted by atomic mass is 10.5. The number of amides is 1. The van der Waals surface area contributed by atoms with E-state index in [1.54, 1.807) is 0 Å². The molecule has 0 spiro atoms. The molecule has 58 valence electrons. The largest absolute Gasteiger partial charge is 0.453 e. The van der Waals surface area contributed by atoms with Gasteiger partial charge in [0.2, 0.25) is 5.24 Å². The summed E-state index contributed by atoms with van der Waals surface area (Å²) < 4.78 is 4.23. The first kappa shape index (κ1) is 9.23. The Hall–Kier alpha value is -0.770. The standard InChI is InChI=1S/C5H8ClNO3/c1-10-5(9)7-3-2-4(6)8/h2-3H2,1H3,(H,7,9). The number of carbonyl (C=O) groups is 2. The zero-order valence-electron chi connectivity index (χ0n) is 5.52. The van der Waals surface area contributed by atoms with Gasteiger partial charge in [-0.15, -0.1) is 0 Å². The Morgan fingerprint density at radius 2 is 2.20 bits per heavy atom. The Kier molecular flexibility index (Phi) is 4.66. The van der Waals surface area contributed by atoms with Gasteiger partial charge >= 0.3 is 6.09 Å². The van der Waals surface area contributed by atoms with Crippen molar-refractivity contribution in [1.82, 2.24) is 5.32 Å². The lowest BCUT2D eigenvalue weighted by Gasteiger charge is -1.98. The molecule has 0 radical (unpaired) electrons. The SMILES string of the molecule is COC(=O)NCCC(=O)Cl. The van der Waals surface area contributed by atoms with Crippen molar-refractivity contribution in [2.24, 2.45) is 0 Å². The van der Waals surface area contributed by atoms with Crippen molar-refractivity contribution in [1.29, 1.82) is 0 Å². The summed E-state index contributed by atoms with van der Waals surface area (Å²) in [5, 5.41) is 1.82. The number of rotatable bonds is 3. The fourth-order valence-electron chi connectivity index (χ4n) is 0.335. The van der Waals surface area contributed by atoms with Crippen molar-refractivity contribution in [2.45, 2.75) is 6.42 Å². The van der Waals surface area contributed by atoms with Gasteiger partial charge in [0.1, 0.15) is 0 Å². The van der Waals surface area contributed by atoms with Crippen LogP contribution in [0.2, 0.25) is 0 Å². The van der Waals surface area contributed by atoms with Crippen LogP contribution in [-0.4, -0.2) is 25.0 Å². The second-order valence-corrected chi connectivity index (χ2v) is 1.95. The first-order valence-electron chi connectivity index (χ1n) is 2.67. The number of halogens is 1. The van der Waals surface area contributed by atoms with Crippen LogP contribution in [0, 0.1) is 0 Å². The number of nitrogens with one attached hydrogen (secondary N) is 1. The predicted molar refractivity (Wildman–Crippen MR) is 35.9 cm³/mol. The van der Waals surface area contributed by atoms with Gasteiger partial charge in [0.15, 0.2) is 0 Å². The highest BCUT2D eigenvalue weighted by molar-refractivity contribution is 6.63. The second kappa shape index (κ2) is 5.05. The summed E-state index contributed by atoms with van der Waals surface area (Å²) in [5.41, 5.74) is 0. The molecule has 0 rings (SSSR count). The molecular formula is C5H8ClNO3. The van der Waals surface area contributed by atoms with Crippen LogP contribution in [0.25, 0.3) is 0 Å². The summed E-state index contributed by atoms with van der Waals surface area (Å²) in [6.07, 6.45) is -0.436. The summed E-state index contributed by atoms with van der Waals surface area (Å²) in [5.74, 6) is 0. The van der Waals surface area contributed by atoms with E-state index in [1.165, 1.54) is 7.11 Å². The van der Waals surface area contributed by atoms with Crippen LogP contribution in [0.4, 0.5) is 4.79 Å². The molecule has 0 heterocycles. The van der Waals surface area contributed by atoms with Gasteiger partial charge in [-0.25, -0.2) is 4.79 Å². The number of methoxy groups -OCH3 is 1. The lowest BCUT2D eigenvalue weighted by molar-refractivity contribution is -0.111. The van der Waals surface area contributed by atoms with Gasteiger partial charge in [0.25, 0.3) is 0 Å². The molecule has 4 nitrogen and oxygen atoms in total. The normalized spacial score (nSPS) is 8.60. The maximum Gasteiger partial charge on any atom is 0.406 e. The molecule has 0 aromatic carbocycles. The molecule has 5 heteroatoms. The van der Waals surface area contributed by atoms with Gasteiger partial charge in [0, 0.05) is 13.0 Å². The summed E-state index contributed by atoms with van der Waals surface area (Å²) >= 11 is 4.97. The van der Waals surface area contributed by atoms with Crippen molar-refractivity contribution in [3.05, 3.63) is 0 Å². The maximum atomic E-state index is 10.3. The van der Waals surface area contributed by atoms with Crippen LogP contribution in [0.5, 0.6) is 0 Å². The summed E-state index contributed by atoms with van der Waals surface area (Å²) in [6, 6.07) is 0. The molecule has 0 aliphatic carbocycles. The Labute approximate surface area is 63.5 Å². The number of carbonyl (C=O) groups excluding carboxylic acids is 2. The van der Waals surface area contributed by atoms with E-state index in [9.17, 15) is 9.59 Å². The van der Waals surface area contributed by atoms with Crippen LogP contribution in [0.3, 0.4) is 0 Å². The molecule has 1 amide bonds. The molecule has 0 aliphatic rings. The molecule has 0 bridgehead atoms. The number of hydrogen-bond acceptors (Lipinski definition) is 3. The minimum Gasteiger partial charge on any atom is -0.453 e.